The van der Waals surface area contributed by atoms with E-state index in [-0.39, 0.29) is 0 Å². The van der Waals surface area contributed by atoms with Gasteiger partial charge in [0.1, 0.15) is 5.75 Å². The fourth-order valence-corrected chi connectivity index (χ4v) is 3.50. The molecule has 0 saturated carbocycles. The molecule has 1 saturated heterocycles. The maximum absolute atomic E-state index is 9.17. The maximum Gasteiger partial charge on any atom is 0.233 e. The minimum absolute atomic E-state index is 0.327. The van der Waals surface area contributed by atoms with Gasteiger partial charge in [-0.05, 0) is 75.2 Å². The number of ether oxygens (including phenoxy) is 1. The van der Waals surface area contributed by atoms with Crippen molar-refractivity contribution in [3.63, 3.8) is 0 Å². The van der Waals surface area contributed by atoms with Gasteiger partial charge in [-0.2, -0.15) is 15.2 Å². The van der Waals surface area contributed by atoms with E-state index in [4.69, 9.17) is 10.00 Å². The van der Waals surface area contributed by atoms with Gasteiger partial charge in [0.15, 0.2) is 5.65 Å². The summed E-state index contributed by atoms with van der Waals surface area (Å²) in [5.41, 5.74) is 2.98. The standard InChI is InChI=1S/C21H22N6O/c1-13-10-15(12-22)11-14(2)18(13)28-20-17-4-3-7-24-19(17)26-21(27-20)25-16-5-8-23-9-6-16/h3-4,7,10-11,16,23H,5-6,8-9H2,1-2H3,(H,24,25,26,27). The number of pyridine rings is 1. The van der Waals surface area contributed by atoms with Gasteiger partial charge in [-0.15, -0.1) is 0 Å². The molecule has 0 aliphatic carbocycles. The van der Waals surface area contributed by atoms with Crippen molar-refractivity contribution < 1.29 is 4.74 Å². The number of aryl methyl sites for hydroxylation is 2. The summed E-state index contributed by atoms with van der Waals surface area (Å²) in [7, 11) is 0. The van der Waals surface area contributed by atoms with Crippen molar-refractivity contribution in [2.75, 3.05) is 18.4 Å². The first kappa shape index (κ1) is 18.1. The summed E-state index contributed by atoms with van der Waals surface area (Å²) in [6.07, 6.45) is 3.76. The Morgan fingerprint density at radius 2 is 1.93 bits per heavy atom. The van der Waals surface area contributed by atoms with Crippen LogP contribution < -0.4 is 15.4 Å². The Morgan fingerprint density at radius 1 is 1.18 bits per heavy atom. The third-order valence-corrected chi connectivity index (χ3v) is 4.90. The maximum atomic E-state index is 9.17. The van der Waals surface area contributed by atoms with Gasteiger partial charge in [-0.3, -0.25) is 0 Å². The van der Waals surface area contributed by atoms with Crippen LogP contribution in [0.1, 0.15) is 29.5 Å². The van der Waals surface area contributed by atoms with Crippen LogP contribution in [0.5, 0.6) is 11.6 Å². The summed E-state index contributed by atoms with van der Waals surface area (Å²) in [6.45, 7) is 5.82. The molecule has 0 spiro atoms. The molecule has 0 radical (unpaired) electrons. The highest BCUT2D eigenvalue weighted by Gasteiger charge is 2.17. The van der Waals surface area contributed by atoms with E-state index in [1.807, 2.05) is 38.1 Å². The molecule has 142 valence electrons. The van der Waals surface area contributed by atoms with Crippen LogP contribution in [0.15, 0.2) is 30.5 Å². The summed E-state index contributed by atoms with van der Waals surface area (Å²) in [5.74, 6) is 1.69. The van der Waals surface area contributed by atoms with Crippen LogP contribution in [0, 0.1) is 25.2 Å². The van der Waals surface area contributed by atoms with E-state index in [0.29, 0.717) is 34.8 Å². The lowest BCUT2D eigenvalue weighted by Crippen LogP contribution is -2.35. The minimum atomic E-state index is 0.327. The fraction of sp³-hybridized carbons (Fsp3) is 0.333. The average Bonchev–Trinajstić information content (AvgIpc) is 2.71. The molecule has 4 rings (SSSR count). The second kappa shape index (κ2) is 7.79. The first-order valence-electron chi connectivity index (χ1n) is 9.43. The van der Waals surface area contributed by atoms with Gasteiger partial charge in [0.2, 0.25) is 11.8 Å². The molecule has 1 aliphatic rings. The number of piperidine rings is 1. The highest BCUT2D eigenvalue weighted by molar-refractivity contribution is 5.81. The number of benzene rings is 1. The Morgan fingerprint density at radius 3 is 2.64 bits per heavy atom. The molecule has 1 fully saturated rings. The Labute approximate surface area is 163 Å². The number of fused-ring (bicyclic) bond motifs is 1. The largest absolute Gasteiger partial charge is 0.438 e. The van der Waals surface area contributed by atoms with Crippen LogP contribution in [0.4, 0.5) is 5.95 Å². The topological polar surface area (TPSA) is 95.8 Å². The van der Waals surface area contributed by atoms with Crippen molar-refractivity contribution in [3.05, 3.63) is 47.2 Å². The number of nitrogens with zero attached hydrogens (tertiary/aromatic N) is 4. The molecule has 1 aliphatic heterocycles. The fourth-order valence-electron chi connectivity index (χ4n) is 3.50. The molecular weight excluding hydrogens is 352 g/mol. The normalized spacial score (nSPS) is 14.6. The lowest BCUT2D eigenvalue weighted by molar-refractivity contribution is 0.457. The van der Waals surface area contributed by atoms with Crippen LogP contribution in [0.2, 0.25) is 0 Å². The van der Waals surface area contributed by atoms with Crippen molar-refractivity contribution >= 4 is 17.0 Å². The monoisotopic (exact) mass is 374 g/mol. The van der Waals surface area contributed by atoms with Crippen molar-refractivity contribution in [3.8, 4) is 17.7 Å². The molecule has 0 atom stereocenters. The molecular formula is C21H22N6O. The predicted molar refractivity (Wildman–Crippen MR) is 108 cm³/mol. The first-order valence-corrected chi connectivity index (χ1v) is 9.43. The zero-order valence-electron chi connectivity index (χ0n) is 16.0. The Hall–Kier alpha value is -3.24. The first-order chi connectivity index (χ1) is 13.6. The number of hydrogen-bond acceptors (Lipinski definition) is 7. The number of nitrogens with one attached hydrogen (secondary N) is 2. The number of rotatable bonds is 4. The molecule has 3 aromatic rings. The van der Waals surface area contributed by atoms with E-state index in [2.05, 4.69) is 31.7 Å². The van der Waals surface area contributed by atoms with Gasteiger partial charge in [0.05, 0.1) is 17.0 Å². The highest BCUT2D eigenvalue weighted by atomic mass is 16.5. The quantitative estimate of drug-likeness (QED) is 0.722. The average molecular weight is 374 g/mol. The second-order valence-corrected chi connectivity index (χ2v) is 7.05. The smallest absolute Gasteiger partial charge is 0.233 e. The van der Waals surface area contributed by atoms with Crippen LogP contribution in [0.3, 0.4) is 0 Å². The van der Waals surface area contributed by atoms with Crippen molar-refractivity contribution in [2.24, 2.45) is 0 Å². The van der Waals surface area contributed by atoms with E-state index >= 15 is 0 Å². The Kier molecular flexibility index (Phi) is 5.04. The SMILES string of the molecule is Cc1cc(C#N)cc(C)c1Oc1nc(NC2CCNCC2)nc2ncccc12. The van der Waals surface area contributed by atoms with E-state index in [1.54, 1.807) is 6.20 Å². The summed E-state index contributed by atoms with van der Waals surface area (Å²) in [5, 5.41) is 16.7. The van der Waals surface area contributed by atoms with Crippen LogP contribution >= 0.6 is 0 Å². The summed E-state index contributed by atoms with van der Waals surface area (Å²) in [6, 6.07) is 9.89. The van der Waals surface area contributed by atoms with Crippen LogP contribution in [0.25, 0.3) is 11.0 Å². The summed E-state index contributed by atoms with van der Waals surface area (Å²) in [4.78, 5) is 13.6. The number of hydrogen-bond donors (Lipinski definition) is 2. The van der Waals surface area contributed by atoms with Gasteiger partial charge in [-0.1, -0.05) is 0 Å². The van der Waals surface area contributed by atoms with Crippen molar-refractivity contribution in [2.45, 2.75) is 32.7 Å². The van der Waals surface area contributed by atoms with Gasteiger partial charge in [0.25, 0.3) is 0 Å². The van der Waals surface area contributed by atoms with E-state index in [9.17, 15) is 0 Å². The van der Waals surface area contributed by atoms with E-state index in [1.165, 1.54) is 0 Å². The van der Waals surface area contributed by atoms with Gasteiger partial charge >= 0.3 is 0 Å². The van der Waals surface area contributed by atoms with Gasteiger partial charge in [0, 0.05) is 12.2 Å². The predicted octanol–water partition coefficient (Wildman–Crippen LogP) is 3.47. The number of aromatic nitrogens is 3. The molecule has 0 bridgehead atoms. The molecule has 7 nitrogen and oxygen atoms in total. The lowest BCUT2D eigenvalue weighted by Gasteiger charge is -2.24. The third kappa shape index (κ3) is 3.73. The third-order valence-electron chi connectivity index (χ3n) is 4.90. The molecule has 0 unspecified atom stereocenters. The molecule has 1 aromatic carbocycles. The van der Waals surface area contributed by atoms with E-state index in [0.717, 1.165) is 42.4 Å². The molecule has 3 heterocycles. The van der Waals surface area contributed by atoms with Crippen molar-refractivity contribution in [1.82, 2.24) is 20.3 Å². The lowest BCUT2D eigenvalue weighted by atomic mass is 10.1. The highest BCUT2D eigenvalue weighted by Crippen LogP contribution is 2.32. The van der Waals surface area contributed by atoms with Gasteiger partial charge < -0.3 is 15.4 Å². The molecule has 7 heteroatoms. The van der Waals surface area contributed by atoms with Gasteiger partial charge in [-0.25, -0.2) is 4.98 Å². The second-order valence-electron chi connectivity index (χ2n) is 7.05. The number of nitriles is 1. The minimum Gasteiger partial charge on any atom is -0.438 e. The summed E-state index contributed by atoms with van der Waals surface area (Å²) >= 11 is 0. The molecule has 2 aromatic heterocycles. The van der Waals surface area contributed by atoms with Crippen molar-refractivity contribution in [1.29, 1.82) is 5.26 Å². The zero-order chi connectivity index (χ0) is 19.5. The molecule has 0 amide bonds. The van der Waals surface area contributed by atoms with E-state index < -0.39 is 0 Å². The van der Waals surface area contributed by atoms with Crippen LogP contribution in [-0.4, -0.2) is 34.1 Å². The van der Waals surface area contributed by atoms with Crippen LogP contribution in [-0.2, 0) is 0 Å². The molecule has 28 heavy (non-hydrogen) atoms. The molecule has 2 N–H and O–H groups in total. The Balaban J connectivity index is 1.72. The summed E-state index contributed by atoms with van der Waals surface area (Å²) < 4.78 is 6.23. The Bertz CT molecular complexity index is 1030. The zero-order valence-corrected chi connectivity index (χ0v) is 16.0. The number of anilines is 1.